The fourth-order valence-electron chi connectivity index (χ4n) is 2.68. The minimum atomic E-state index is -0.731. The van der Waals surface area contributed by atoms with Crippen molar-refractivity contribution in [3.8, 4) is 17.2 Å². The third-order valence-corrected chi connectivity index (χ3v) is 4.10. The van der Waals surface area contributed by atoms with E-state index < -0.39 is 6.10 Å². The molecular weight excluding hydrogens is 320 g/mol. The molecule has 0 amide bonds. The van der Waals surface area contributed by atoms with Gasteiger partial charge in [0.15, 0.2) is 11.5 Å². The van der Waals surface area contributed by atoms with Crippen LogP contribution < -0.4 is 4.74 Å². The quantitative estimate of drug-likeness (QED) is 0.609. The number of benzene rings is 2. The Balaban J connectivity index is 1.79. The number of ether oxygens (including phenoxy) is 1. The smallest absolute Gasteiger partial charge is 0.200 e. The predicted octanol–water partition coefficient (Wildman–Crippen LogP) is 2.99. The lowest BCUT2D eigenvalue weighted by Crippen LogP contribution is -2.15. The maximum absolute atomic E-state index is 12.0. The van der Waals surface area contributed by atoms with Gasteiger partial charge in [-0.15, -0.1) is 0 Å². The van der Waals surface area contributed by atoms with Crippen molar-refractivity contribution in [2.75, 3.05) is 7.11 Å². The number of aromatic hydroxyl groups is 2. The highest BCUT2D eigenvalue weighted by Crippen LogP contribution is 2.36. The molecule has 2 rings (SSSR count). The molecule has 1 atom stereocenters. The van der Waals surface area contributed by atoms with Gasteiger partial charge < -0.3 is 20.1 Å². The van der Waals surface area contributed by atoms with Crippen molar-refractivity contribution >= 4 is 5.78 Å². The highest BCUT2D eigenvalue weighted by molar-refractivity contribution is 5.79. The number of phenols is 2. The summed E-state index contributed by atoms with van der Waals surface area (Å²) in [4.78, 5) is 12.0. The zero-order chi connectivity index (χ0) is 18.2. The largest absolute Gasteiger partial charge is 0.504 e. The first kappa shape index (κ1) is 18.8. The van der Waals surface area contributed by atoms with Crippen LogP contribution in [-0.2, 0) is 17.6 Å². The van der Waals surface area contributed by atoms with Crippen LogP contribution in [0, 0.1) is 0 Å². The van der Waals surface area contributed by atoms with E-state index in [4.69, 9.17) is 4.74 Å². The van der Waals surface area contributed by atoms with Crippen molar-refractivity contribution in [2.45, 2.75) is 38.2 Å². The van der Waals surface area contributed by atoms with E-state index in [0.29, 0.717) is 25.7 Å². The van der Waals surface area contributed by atoms with Crippen LogP contribution in [0.4, 0.5) is 0 Å². The number of carbonyl (C=O) groups excluding carboxylic acids is 1. The van der Waals surface area contributed by atoms with Gasteiger partial charge in [0.1, 0.15) is 5.78 Å². The molecule has 5 heteroatoms. The lowest BCUT2D eigenvalue weighted by atomic mass is 10.00. The van der Waals surface area contributed by atoms with Gasteiger partial charge in [-0.1, -0.05) is 30.3 Å². The van der Waals surface area contributed by atoms with Gasteiger partial charge in [-0.3, -0.25) is 4.79 Å². The third kappa shape index (κ3) is 5.80. The van der Waals surface area contributed by atoms with Gasteiger partial charge in [-0.2, -0.15) is 0 Å². The van der Waals surface area contributed by atoms with E-state index >= 15 is 0 Å². The van der Waals surface area contributed by atoms with Gasteiger partial charge in [0.05, 0.1) is 13.2 Å². The number of aryl methyl sites for hydroxylation is 2. The fourth-order valence-corrected chi connectivity index (χ4v) is 2.68. The molecule has 2 aromatic rings. The second-order valence-corrected chi connectivity index (χ2v) is 6.09. The molecule has 3 N–H and O–H groups in total. The second-order valence-electron chi connectivity index (χ2n) is 6.09. The molecule has 0 radical (unpaired) electrons. The van der Waals surface area contributed by atoms with Gasteiger partial charge in [0.2, 0.25) is 5.75 Å². The Morgan fingerprint density at radius 2 is 1.80 bits per heavy atom. The SMILES string of the molecule is COc1cc(CCC(O)CC(=O)CCc2ccccc2)cc(O)c1O. The summed E-state index contributed by atoms with van der Waals surface area (Å²) in [6.07, 6.45) is 1.34. The maximum Gasteiger partial charge on any atom is 0.200 e. The molecule has 0 fully saturated rings. The van der Waals surface area contributed by atoms with E-state index in [0.717, 1.165) is 11.1 Å². The number of rotatable bonds is 9. The Kier molecular flexibility index (Phi) is 6.83. The molecule has 134 valence electrons. The molecule has 0 aromatic heterocycles. The molecule has 0 saturated heterocycles. The van der Waals surface area contributed by atoms with E-state index in [2.05, 4.69) is 0 Å². The Morgan fingerprint density at radius 1 is 1.08 bits per heavy atom. The molecule has 0 spiro atoms. The fraction of sp³-hybridized carbons (Fsp3) is 0.350. The van der Waals surface area contributed by atoms with Crippen LogP contribution in [0.25, 0.3) is 0 Å². The van der Waals surface area contributed by atoms with Gasteiger partial charge in [0, 0.05) is 12.8 Å². The Bertz CT molecular complexity index is 697. The van der Waals surface area contributed by atoms with Gasteiger partial charge in [0.25, 0.3) is 0 Å². The van der Waals surface area contributed by atoms with Crippen LogP contribution in [0.15, 0.2) is 42.5 Å². The number of methoxy groups -OCH3 is 1. The van der Waals surface area contributed by atoms with E-state index in [-0.39, 0.29) is 29.5 Å². The molecule has 2 aromatic carbocycles. The van der Waals surface area contributed by atoms with Gasteiger partial charge in [-0.05, 0) is 42.5 Å². The summed E-state index contributed by atoms with van der Waals surface area (Å²) >= 11 is 0. The summed E-state index contributed by atoms with van der Waals surface area (Å²) in [6, 6.07) is 12.8. The first-order valence-electron chi connectivity index (χ1n) is 8.32. The summed E-state index contributed by atoms with van der Waals surface area (Å²) in [5.74, 6) is -0.350. The number of hydrogen-bond acceptors (Lipinski definition) is 5. The topological polar surface area (TPSA) is 87.0 Å². The number of hydrogen-bond donors (Lipinski definition) is 3. The molecule has 0 aliphatic carbocycles. The number of aliphatic hydroxyl groups excluding tert-OH is 1. The number of Topliss-reactive ketones (excluding diaryl/α,β-unsaturated/α-hetero) is 1. The third-order valence-electron chi connectivity index (χ3n) is 4.10. The van der Waals surface area contributed by atoms with Crippen molar-refractivity contribution < 1.29 is 24.9 Å². The van der Waals surface area contributed by atoms with Crippen LogP contribution >= 0.6 is 0 Å². The summed E-state index contributed by atoms with van der Waals surface area (Å²) < 4.78 is 4.99. The molecule has 0 aliphatic heterocycles. The standard InChI is InChI=1S/C20H24O5/c1-25-19-12-15(11-18(23)20(19)24)8-10-17(22)13-16(21)9-7-14-5-3-2-4-6-14/h2-6,11-12,17,22-24H,7-10,13H2,1H3. The number of carbonyl (C=O) groups is 1. The predicted molar refractivity (Wildman–Crippen MR) is 95.0 cm³/mol. The van der Waals surface area contributed by atoms with E-state index in [1.165, 1.54) is 13.2 Å². The average Bonchev–Trinajstić information content (AvgIpc) is 2.61. The van der Waals surface area contributed by atoms with E-state index in [1.54, 1.807) is 6.07 Å². The normalized spacial score (nSPS) is 11.9. The minimum absolute atomic E-state index is 0.0301. The molecule has 25 heavy (non-hydrogen) atoms. The highest BCUT2D eigenvalue weighted by atomic mass is 16.5. The Hall–Kier alpha value is -2.53. The lowest BCUT2D eigenvalue weighted by Gasteiger charge is -2.12. The Labute approximate surface area is 147 Å². The van der Waals surface area contributed by atoms with Crippen LogP contribution in [0.2, 0.25) is 0 Å². The van der Waals surface area contributed by atoms with Crippen LogP contribution in [-0.4, -0.2) is 34.3 Å². The zero-order valence-corrected chi connectivity index (χ0v) is 14.3. The number of ketones is 1. The van der Waals surface area contributed by atoms with Crippen LogP contribution in [0.1, 0.15) is 30.4 Å². The molecule has 0 saturated carbocycles. The Morgan fingerprint density at radius 3 is 2.48 bits per heavy atom. The van der Waals surface area contributed by atoms with E-state index in [9.17, 15) is 20.1 Å². The minimum Gasteiger partial charge on any atom is -0.504 e. The summed E-state index contributed by atoms with van der Waals surface area (Å²) in [7, 11) is 1.40. The molecule has 0 bridgehead atoms. The summed E-state index contributed by atoms with van der Waals surface area (Å²) in [5.41, 5.74) is 1.83. The van der Waals surface area contributed by atoms with E-state index in [1.807, 2.05) is 30.3 Å². The lowest BCUT2D eigenvalue weighted by molar-refractivity contribution is -0.120. The molecule has 0 aliphatic rings. The van der Waals surface area contributed by atoms with Crippen molar-refractivity contribution in [3.63, 3.8) is 0 Å². The monoisotopic (exact) mass is 344 g/mol. The van der Waals surface area contributed by atoms with Crippen molar-refractivity contribution in [3.05, 3.63) is 53.6 Å². The average molecular weight is 344 g/mol. The molecule has 1 unspecified atom stereocenters. The first-order valence-corrected chi connectivity index (χ1v) is 8.32. The first-order chi connectivity index (χ1) is 12.0. The maximum atomic E-state index is 12.0. The number of phenolic OH excluding ortho intramolecular Hbond substituents is 2. The van der Waals surface area contributed by atoms with Crippen molar-refractivity contribution in [1.82, 2.24) is 0 Å². The second kappa shape index (κ2) is 9.08. The summed E-state index contributed by atoms with van der Waals surface area (Å²) in [5, 5.41) is 29.3. The summed E-state index contributed by atoms with van der Waals surface area (Å²) in [6.45, 7) is 0. The highest BCUT2D eigenvalue weighted by Gasteiger charge is 2.14. The molecule has 5 nitrogen and oxygen atoms in total. The zero-order valence-electron chi connectivity index (χ0n) is 14.3. The van der Waals surface area contributed by atoms with Crippen LogP contribution in [0.5, 0.6) is 17.2 Å². The van der Waals surface area contributed by atoms with Crippen molar-refractivity contribution in [1.29, 1.82) is 0 Å². The molecular formula is C20H24O5. The van der Waals surface area contributed by atoms with Gasteiger partial charge >= 0.3 is 0 Å². The van der Waals surface area contributed by atoms with Crippen LogP contribution in [0.3, 0.4) is 0 Å². The molecule has 0 heterocycles. The number of aliphatic hydroxyl groups is 1. The van der Waals surface area contributed by atoms with Crippen molar-refractivity contribution in [2.24, 2.45) is 0 Å². The van der Waals surface area contributed by atoms with Gasteiger partial charge in [-0.25, -0.2) is 0 Å².